The maximum absolute atomic E-state index is 14.4. The van der Waals surface area contributed by atoms with Gasteiger partial charge >= 0.3 is 0 Å². The standard InChI is InChI=1S/C31H31FN2O3/c1-37-27-17-13-24(14-18-27)28-8-5-19-33(30(35)25-11-12-25)29(20-22-6-3-2-4-7-22)31(36)34(28)21-23-9-15-26(32)16-10-23/h2-10,13-18,25,28-29H,11-12,19-21H2,1H3/b8-5-/t28?,29-/m1/s1. The molecule has 2 atom stereocenters. The zero-order valence-corrected chi connectivity index (χ0v) is 20.9. The van der Waals surface area contributed by atoms with Crippen LogP contribution in [-0.2, 0) is 22.6 Å². The summed E-state index contributed by atoms with van der Waals surface area (Å²) in [6, 6.07) is 22.8. The molecule has 1 heterocycles. The van der Waals surface area contributed by atoms with Gasteiger partial charge in [-0.2, -0.15) is 0 Å². The molecule has 0 bridgehead atoms. The van der Waals surface area contributed by atoms with Crippen molar-refractivity contribution in [3.05, 3.63) is 114 Å². The van der Waals surface area contributed by atoms with Crippen LogP contribution < -0.4 is 4.74 Å². The van der Waals surface area contributed by atoms with Crippen LogP contribution in [0.5, 0.6) is 5.75 Å². The van der Waals surface area contributed by atoms with Gasteiger partial charge in [-0.25, -0.2) is 4.39 Å². The second kappa shape index (κ2) is 11.0. The molecule has 0 radical (unpaired) electrons. The Morgan fingerprint density at radius 2 is 1.65 bits per heavy atom. The summed E-state index contributed by atoms with van der Waals surface area (Å²) >= 11 is 0. The first-order chi connectivity index (χ1) is 18.0. The summed E-state index contributed by atoms with van der Waals surface area (Å²) < 4.78 is 19.0. The van der Waals surface area contributed by atoms with E-state index in [9.17, 15) is 14.0 Å². The van der Waals surface area contributed by atoms with E-state index in [1.807, 2.05) is 71.6 Å². The quantitative estimate of drug-likeness (QED) is 0.414. The van der Waals surface area contributed by atoms with E-state index in [2.05, 4.69) is 0 Å². The first-order valence-corrected chi connectivity index (χ1v) is 12.7. The molecule has 0 spiro atoms. The minimum Gasteiger partial charge on any atom is -0.497 e. The van der Waals surface area contributed by atoms with Crippen molar-refractivity contribution in [3.63, 3.8) is 0 Å². The van der Waals surface area contributed by atoms with Crippen LogP contribution >= 0.6 is 0 Å². The molecule has 37 heavy (non-hydrogen) atoms. The lowest BCUT2D eigenvalue weighted by Gasteiger charge is -2.39. The van der Waals surface area contributed by atoms with E-state index >= 15 is 0 Å². The molecule has 3 aromatic carbocycles. The Labute approximate surface area is 217 Å². The van der Waals surface area contributed by atoms with Gasteiger partial charge in [0.15, 0.2) is 0 Å². The van der Waals surface area contributed by atoms with Crippen LogP contribution in [-0.4, -0.2) is 41.3 Å². The molecule has 5 rings (SSSR count). The number of nitrogens with zero attached hydrogens (tertiary/aromatic N) is 2. The number of hydrogen-bond acceptors (Lipinski definition) is 3. The van der Waals surface area contributed by atoms with Gasteiger partial charge in [-0.15, -0.1) is 0 Å². The molecule has 1 aliphatic carbocycles. The minimum atomic E-state index is -0.637. The highest BCUT2D eigenvalue weighted by atomic mass is 19.1. The van der Waals surface area contributed by atoms with Crippen molar-refractivity contribution in [2.24, 2.45) is 5.92 Å². The topological polar surface area (TPSA) is 49.9 Å². The molecule has 0 saturated heterocycles. The molecule has 1 unspecified atom stereocenters. The Hall–Kier alpha value is -3.93. The normalized spacial score (nSPS) is 20.8. The third kappa shape index (κ3) is 5.74. The molecule has 0 N–H and O–H groups in total. The Balaban J connectivity index is 1.56. The number of benzene rings is 3. The van der Waals surface area contributed by atoms with E-state index in [4.69, 9.17) is 4.74 Å². The molecule has 5 nitrogen and oxygen atoms in total. The van der Waals surface area contributed by atoms with Gasteiger partial charge in [0.05, 0.1) is 13.2 Å². The van der Waals surface area contributed by atoms with Crippen LogP contribution in [0, 0.1) is 11.7 Å². The summed E-state index contributed by atoms with van der Waals surface area (Å²) in [7, 11) is 1.62. The lowest BCUT2D eigenvalue weighted by atomic mass is 9.97. The van der Waals surface area contributed by atoms with Gasteiger partial charge < -0.3 is 14.5 Å². The maximum Gasteiger partial charge on any atom is 0.246 e. The van der Waals surface area contributed by atoms with Crippen LogP contribution in [0.2, 0.25) is 0 Å². The molecule has 0 aromatic heterocycles. The molecular weight excluding hydrogens is 467 g/mol. The first kappa shape index (κ1) is 24.8. The Kier molecular flexibility index (Phi) is 7.35. The second-order valence-corrected chi connectivity index (χ2v) is 9.71. The number of halogens is 1. The Bertz CT molecular complexity index is 1250. The molecule has 2 aliphatic rings. The fourth-order valence-electron chi connectivity index (χ4n) is 4.89. The number of hydrogen-bond donors (Lipinski definition) is 0. The predicted molar refractivity (Wildman–Crippen MR) is 140 cm³/mol. The van der Waals surface area contributed by atoms with Gasteiger partial charge in [0.25, 0.3) is 0 Å². The van der Waals surface area contributed by atoms with Crippen LogP contribution in [0.3, 0.4) is 0 Å². The first-order valence-electron chi connectivity index (χ1n) is 12.7. The second-order valence-electron chi connectivity index (χ2n) is 9.71. The minimum absolute atomic E-state index is 0.00170. The largest absolute Gasteiger partial charge is 0.497 e. The fraction of sp³-hybridized carbons (Fsp3) is 0.290. The molecule has 1 fully saturated rings. The highest BCUT2D eigenvalue weighted by Crippen LogP contribution is 2.34. The molecular formula is C31H31FN2O3. The third-order valence-corrected chi connectivity index (χ3v) is 7.11. The molecule has 1 saturated carbocycles. The zero-order valence-electron chi connectivity index (χ0n) is 20.9. The van der Waals surface area contributed by atoms with Crippen molar-refractivity contribution >= 4 is 11.8 Å². The number of rotatable bonds is 7. The van der Waals surface area contributed by atoms with Crippen molar-refractivity contribution in [2.75, 3.05) is 13.7 Å². The van der Waals surface area contributed by atoms with Crippen molar-refractivity contribution in [1.29, 1.82) is 0 Å². The number of methoxy groups -OCH3 is 1. The Morgan fingerprint density at radius 3 is 2.30 bits per heavy atom. The Morgan fingerprint density at radius 1 is 0.946 bits per heavy atom. The van der Waals surface area contributed by atoms with E-state index in [1.165, 1.54) is 12.1 Å². The summed E-state index contributed by atoms with van der Waals surface area (Å²) in [6.45, 7) is 0.673. The SMILES string of the molecule is COc1ccc(C2/C=C\CN(C(=O)C3CC3)[C@H](Cc3ccccc3)C(=O)N2Cc2ccc(F)cc2)cc1. The molecule has 190 valence electrons. The summed E-state index contributed by atoms with van der Waals surface area (Å²) in [4.78, 5) is 31.4. The smallest absolute Gasteiger partial charge is 0.246 e. The van der Waals surface area contributed by atoms with Gasteiger partial charge in [0, 0.05) is 25.4 Å². The van der Waals surface area contributed by atoms with Gasteiger partial charge in [-0.05, 0) is 53.8 Å². The van der Waals surface area contributed by atoms with E-state index in [-0.39, 0.29) is 36.1 Å². The number of ether oxygens (including phenoxy) is 1. The van der Waals surface area contributed by atoms with Crippen molar-refractivity contribution in [3.8, 4) is 5.75 Å². The predicted octanol–water partition coefficient (Wildman–Crippen LogP) is 5.32. The summed E-state index contributed by atoms with van der Waals surface area (Å²) in [6.07, 6.45) is 6.17. The summed E-state index contributed by atoms with van der Waals surface area (Å²) in [5, 5.41) is 0. The average molecular weight is 499 g/mol. The molecule has 6 heteroatoms. The van der Waals surface area contributed by atoms with Crippen molar-refractivity contribution in [1.82, 2.24) is 9.80 Å². The van der Waals surface area contributed by atoms with Crippen LogP contribution in [0.1, 0.15) is 35.6 Å². The van der Waals surface area contributed by atoms with E-state index in [0.29, 0.717) is 13.0 Å². The molecule has 3 aromatic rings. The third-order valence-electron chi connectivity index (χ3n) is 7.11. The van der Waals surface area contributed by atoms with Crippen molar-refractivity contribution in [2.45, 2.75) is 37.9 Å². The summed E-state index contributed by atoms with van der Waals surface area (Å²) in [5.74, 6) is 0.341. The highest BCUT2D eigenvalue weighted by Gasteiger charge is 2.41. The van der Waals surface area contributed by atoms with Gasteiger partial charge in [0.1, 0.15) is 17.6 Å². The van der Waals surface area contributed by atoms with E-state index in [1.54, 1.807) is 24.1 Å². The van der Waals surface area contributed by atoms with Crippen LogP contribution in [0.4, 0.5) is 4.39 Å². The molecule has 2 amide bonds. The van der Waals surface area contributed by atoms with Gasteiger partial charge in [-0.1, -0.05) is 66.7 Å². The van der Waals surface area contributed by atoms with E-state index < -0.39 is 6.04 Å². The van der Waals surface area contributed by atoms with Crippen LogP contribution in [0.15, 0.2) is 91.0 Å². The lowest BCUT2D eigenvalue weighted by Crippen LogP contribution is -2.54. The van der Waals surface area contributed by atoms with Gasteiger partial charge in [-0.3, -0.25) is 9.59 Å². The summed E-state index contributed by atoms with van der Waals surface area (Å²) in [5.41, 5.74) is 2.76. The number of carbonyl (C=O) groups is 2. The zero-order chi connectivity index (χ0) is 25.8. The lowest BCUT2D eigenvalue weighted by molar-refractivity contribution is -0.148. The molecule has 1 aliphatic heterocycles. The fourth-order valence-corrected chi connectivity index (χ4v) is 4.89. The monoisotopic (exact) mass is 498 g/mol. The van der Waals surface area contributed by atoms with E-state index in [0.717, 1.165) is 35.3 Å². The van der Waals surface area contributed by atoms with Gasteiger partial charge in [0.2, 0.25) is 11.8 Å². The highest BCUT2D eigenvalue weighted by molar-refractivity contribution is 5.90. The van der Waals surface area contributed by atoms with Crippen molar-refractivity contribution < 1.29 is 18.7 Å². The number of amides is 2. The average Bonchev–Trinajstić information content (AvgIpc) is 3.78. The number of carbonyl (C=O) groups excluding carboxylic acids is 2. The maximum atomic E-state index is 14.4. The van der Waals surface area contributed by atoms with Crippen LogP contribution in [0.25, 0.3) is 0 Å².